The maximum Gasteiger partial charge on any atom is 0.248 e. The number of anilines is 1. The first-order chi connectivity index (χ1) is 13.6. The van der Waals surface area contributed by atoms with Gasteiger partial charge in [0, 0.05) is 10.2 Å². The number of nitrogens with one attached hydrogen (secondary N) is 1. The first-order valence-electron chi connectivity index (χ1n) is 8.47. The molecule has 0 saturated carbocycles. The summed E-state index contributed by atoms with van der Waals surface area (Å²) in [4.78, 5) is 0. The van der Waals surface area contributed by atoms with Gasteiger partial charge in [0.15, 0.2) is 11.5 Å². The fourth-order valence-electron chi connectivity index (χ4n) is 3.16. The van der Waals surface area contributed by atoms with Crippen molar-refractivity contribution in [2.24, 2.45) is 0 Å². The zero-order valence-electron chi connectivity index (χ0n) is 15.5. The van der Waals surface area contributed by atoms with Crippen molar-refractivity contribution in [3.05, 3.63) is 58.1 Å². The van der Waals surface area contributed by atoms with Crippen LogP contribution in [-0.4, -0.2) is 41.5 Å². The van der Waals surface area contributed by atoms with Crippen molar-refractivity contribution in [1.29, 1.82) is 0 Å². The number of ether oxygens (including phenoxy) is 3. The summed E-state index contributed by atoms with van der Waals surface area (Å²) in [5, 5.41) is 15.3. The summed E-state index contributed by atoms with van der Waals surface area (Å²) in [6, 6.07) is 11.6. The number of halogens is 1. The lowest BCUT2D eigenvalue weighted by Gasteiger charge is -2.24. The number of fused-ring (bicyclic) bond motifs is 1. The summed E-state index contributed by atoms with van der Waals surface area (Å²) < 4.78 is 19.1. The zero-order chi connectivity index (χ0) is 19.7. The number of allylic oxidation sites excluding steroid dienone is 1. The van der Waals surface area contributed by atoms with Gasteiger partial charge < -0.3 is 19.5 Å². The number of tetrazole rings is 1. The third-order valence-electron chi connectivity index (χ3n) is 4.51. The smallest absolute Gasteiger partial charge is 0.248 e. The van der Waals surface area contributed by atoms with Crippen molar-refractivity contribution in [3.8, 4) is 17.2 Å². The van der Waals surface area contributed by atoms with Gasteiger partial charge in [-0.3, -0.25) is 0 Å². The van der Waals surface area contributed by atoms with E-state index in [1.807, 2.05) is 36.4 Å². The second-order valence-electron chi connectivity index (χ2n) is 6.06. The van der Waals surface area contributed by atoms with E-state index in [4.69, 9.17) is 14.2 Å². The van der Waals surface area contributed by atoms with Gasteiger partial charge in [-0.05, 0) is 51.9 Å². The molecule has 0 radical (unpaired) electrons. The minimum absolute atomic E-state index is 0.251. The third kappa shape index (κ3) is 3.18. The topological polar surface area (TPSA) is 83.3 Å². The maximum atomic E-state index is 5.50. The molecule has 0 amide bonds. The molecule has 0 unspecified atom stereocenters. The summed E-state index contributed by atoms with van der Waals surface area (Å²) >= 11 is 3.47. The van der Waals surface area contributed by atoms with E-state index < -0.39 is 0 Å². The molecule has 9 heteroatoms. The zero-order valence-corrected chi connectivity index (χ0v) is 17.1. The van der Waals surface area contributed by atoms with Crippen LogP contribution in [0.15, 0.2) is 46.9 Å². The normalized spacial score (nSPS) is 15.3. The molecule has 1 aliphatic rings. The number of rotatable bonds is 5. The lowest BCUT2D eigenvalue weighted by Crippen LogP contribution is -2.20. The van der Waals surface area contributed by atoms with E-state index in [-0.39, 0.29) is 6.04 Å². The predicted octanol–water partition coefficient (Wildman–Crippen LogP) is 3.52. The van der Waals surface area contributed by atoms with Gasteiger partial charge in [0.25, 0.3) is 0 Å². The lowest BCUT2D eigenvalue weighted by atomic mass is 10.0. The van der Waals surface area contributed by atoms with Crippen LogP contribution in [0.25, 0.3) is 5.70 Å². The fourth-order valence-corrected chi connectivity index (χ4v) is 3.43. The molecule has 0 fully saturated rings. The van der Waals surface area contributed by atoms with E-state index in [1.54, 1.807) is 26.0 Å². The van der Waals surface area contributed by atoms with Gasteiger partial charge in [-0.2, -0.15) is 4.68 Å². The van der Waals surface area contributed by atoms with Gasteiger partial charge in [-0.1, -0.05) is 33.2 Å². The Hall–Kier alpha value is -3.07. The molecule has 2 aromatic carbocycles. The van der Waals surface area contributed by atoms with Crippen LogP contribution in [0.4, 0.5) is 5.95 Å². The maximum absolute atomic E-state index is 5.50. The minimum Gasteiger partial charge on any atom is -0.493 e. The highest BCUT2D eigenvalue weighted by atomic mass is 79.9. The van der Waals surface area contributed by atoms with E-state index >= 15 is 0 Å². The Morgan fingerprint density at radius 2 is 1.68 bits per heavy atom. The molecule has 28 heavy (non-hydrogen) atoms. The molecule has 0 saturated heterocycles. The second-order valence-corrected chi connectivity index (χ2v) is 6.98. The van der Waals surface area contributed by atoms with Gasteiger partial charge >= 0.3 is 0 Å². The summed E-state index contributed by atoms with van der Waals surface area (Å²) in [5.74, 6) is 2.24. The standard InChI is InChI=1S/C19H18BrN5O3/c1-26-16-8-12(9-17(27-2)18(16)28-3)15-10-14(11-4-6-13(20)7-5-11)21-19-22-23-24-25(15)19/h4-10,15H,1-3H3,(H,21,22,24)/t15-/m0/s1. The van der Waals surface area contributed by atoms with E-state index in [0.717, 1.165) is 21.3 Å². The minimum atomic E-state index is -0.251. The second kappa shape index (κ2) is 7.51. The monoisotopic (exact) mass is 443 g/mol. The van der Waals surface area contributed by atoms with Crippen LogP contribution in [0.5, 0.6) is 17.2 Å². The van der Waals surface area contributed by atoms with E-state index in [1.165, 1.54) is 0 Å². The van der Waals surface area contributed by atoms with Crippen LogP contribution in [0, 0.1) is 0 Å². The first kappa shape index (κ1) is 18.3. The van der Waals surface area contributed by atoms with Crippen LogP contribution in [0.3, 0.4) is 0 Å². The Morgan fingerprint density at radius 1 is 1.00 bits per heavy atom. The average molecular weight is 444 g/mol. The van der Waals surface area contributed by atoms with Gasteiger partial charge in [0.1, 0.15) is 6.04 Å². The van der Waals surface area contributed by atoms with E-state index in [9.17, 15) is 0 Å². The molecule has 0 bridgehead atoms. The molecule has 4 rings (SSSR count). The highest BCUT2D eigenvalue weighted by Gasteiger charge is 2.26. The van der Waals surface area contributed by atoms with E-state index in [2.05, 4.69) is 42.8 Å². The molecule has 0 spiro atoms. The Labute approximate surface area is 170 Å². The van der Waals surface area contributed by atoms with Crippen LogP contribution >= 0.6 is 15.9 Å². The first-order valence-corrected chi connectivity index (χ1v) is 9.26. The average Bonchev–Trinajstić information content (AvgIpc) is 3.21. The van der Waals surface area contributed by atoms with Crippen LogP contribution in [0.1, 0.15) is 17.2 Å². The van der Waals surface area contributed by atoms with Gasteiger partial charge in [-0.15, -0.1) is 0 Å². The summed E-state index contributed by atoms with van der Waals surface area (Å²) in [7, 11) is 4.76. The van der Waals surface area contributed by atoms with Crippen molar-refractivity contribution >= 4 is 27.6 Å². The molecule has 144 valence electrons. The van der Waals surface area contributed by atoms with Gasteiger partial charge in [0.05, 0.1) is 21.3 Å². The quantitative estimate of drug-likeness (QED) is 0.645. The largest absolute Gasteiger partial charge is 0.493 e. The van der Waals surface area contributed by atoms with Crippen molar-refractivity contribution in [2.45, 2.75) is 6.04 Å². The highest BCUT2D eigenvalue weighted by molar-refractivity contribution is 9.10. The molecule has 1 aromatic heterocycles. The van der Waals surface area contributed by atoms with Gasteiger partial charge in [-0.25, -0.2) is 0 Å². The SMILES string of the molecule is COc1cc([C@@H]2C=C(c3ccc(Br)cc3)Nc3nnnn32)cc(OC)c1OC. The molecular formula is C19H18BrN5O3. The number of methoxy groups -OCH3 is 3. The number of hydrogen-bond donors (Lipinski definition) is 1. The molecular weight excluding hydrogens is 426 g/mol. The Balaban J connectivity index is 1.84. The van der Waals surface area contributed by atoms with Crippen LogP contribution in [0.2, 0.25) is 0 Å². The van der Waals surface area contributed by atoms with Crippen LogP contribution < -0.4 is 19.5 Å². The van der Waals surface area contributed by atoms with Crippen molar-refractivity contribution < 1.29 is 14.2 Å². The van der Waals surface area contributed by atoms with Crippen LogP contribution in [-0.2, 0) is 0 Å². The molecule has 0 aliphatic carbocycles. The predicted molar refractivity (Wildman–Crippen MR) is 108 cm³/mol. The van der Waals surface area contributed by atoms with Crippen molar-refractivity contribution in [2.75, 3.05) is 26.6 Å². The number of hydrogen-bond acceptors (Lipinski definition) is 7. The molecule has 1 aliphatic heterocycles. The highest BCUT2D eigenvalue weighted by Crippen LogP contribution is 2.42. The Bertz CT molecular complexity index is 1010. The lowest BCUT2D eigenvalue weighted by molar-refractivity contribution is 0.323. The summed E-state index contributed by atoms with van der Waals surface area (Å²) in [6.45, 7) is 0. The number of benzene rings is 2. The van der Waals surface area contributed by atoms with Gasteiger partial charge in [0.2, 0.25) is 11.7 Å². The summed E-state index contributed by atoms with van der Waals surface area (Å²) in [6.07, 6.45) is 2.06. The number of aromatic nitrogens is 4. The molecule has 8 nitrogen and oxygen atoms in total. The molecule has 3 aromatic rings. The number of nitrogens with zero attached hydrogens (tertiary/aromatic N) is 4. The Kier molecular flexibility index (Phi) is 4.91. The Morgan fingerprint density at radius 3 is 2.29 bits per heavy atom. The molecule has 1 N–H and O–H groups in total. The van der Waals surface area contributed by atoms with Crippen molar-refractivity contribution in [3.63, 3.8) is 0 Å². The fraction of sp³-hybridized carbons (Fsp3) is 0.211. The summed E-state index contributed by atoms with van der Waals surface area (Å²) in [5.41, 5.74) is 2.84. The third-order valence-corrected chi connectivity index (χ3v) is 5.04. The van der Waals surface area contributed by atoms with Crippen molar-refractivity contribution in [1.82, 2.24) is 20.2 Å². The van der Waals surface area contributed by atoms with E-state index in [0.29, 0.717) is 23.2 Å². The molecule has 1 atom stereocenters. The molecule has 2 heterocycles.